The van der Waals surface area contributed by atoms with Gasteiger partial charge in [0.1, 0.15) is 18.2 Å². The van der Waals surface area contributed by atoms with Crippen molar-refractivity contribution in [3.63, 3.8) is 0 Å². The first-order valence-corrected chi connectivity index (χ1v) is 7.41. The van der Waals surface area contributed by atoms with Crippen molar-refractivity contribution >= 4 is 5.91 Å². The minimum atomic E-state index is -0.166. The maximum atomic E-state index is 12.3. The predicted octanol–water partition coefficient (Wildman–Crippen LogP) is 1.96. The lowest BCUT2D eigenvalue weighted by molar-refractivity contribution is -0.126. The number of fused-ring (bicyclic) bond motifs is 1. The molecule has 0 fully saturated rings. The lowest BCUT2D eigenvalue weighted by Gasteiger charge is -2.24. The molecule has 1 aliphatic rings. The third-order valence-electron chi connectivity index (χ3n) is 3.70. The third kappa shape index (κ3) is 3.24. The van der Waals surface area contributed by atoms with Gasteiger partial charge < -0.3 is 10.1 Å². The van der Waals surface area contributed by atoms with Crippen LogP contribution < -0.4 is 10.1 Å². The van der Waals surface area contributed by atoms with Gasteiger partial charge in [0.05, 0.1) is 12.5 Å². The fourth-order valence-electron chi connectivity index (χ4n) is 2.68. The molecular formula is C17H19N3O2. The van der Waals surface area contributed by atoms with Gasteiger partial charge in [-0.25, -0.2) is 9.97 Å². The molecule has 0 saturated heterocycles. The van der Waals surface area contributed by atoms with E-state index in [9.17, 15) is 4.79 Å². The van der Waals surface area contributed by atoms with E-state index in [-0.39, 0.29) is 11.8 Å². The number of nitrogens with zero attached hydrogens (tertiary/aromatic N) is 2. The first-order chi connectivity index (χ1) is 10.6. The van der Waals surface area contributed by atoms with Crippen molar-refractivity contribution in [2.24, 2.45) is 5.92 Å². The molecule has 1 aromatic carbocycles. The van der Waals surface area contributed by atoms with Gasteiger partial charge in [-0.15, -0.1) is 0 Å². The SMILES string of the molecule is Cc1cc(C)nc(CNC(=O)[C@H]2COc3ccccc3C2)n1. The lowest BCUT2D eigenvalue weighted by Crippen LogP contribution is -2.37. The van der Waals surface area contributed by atoms with Crippen LogP contribution in [-0.4, -0.2) is 22.5 Å². The van der Waals surface area contributed by atoms with Crippen LogP contribution in [0.4, 0.5) is 0 Å². The molecule has 0 unspecified atom stereocenters. The van der Waals surface area contributed by atoms with Crippen molar-refractivity contribution in [2.45, 2.75) is 26.8 Å². The number of nitrogens with one attached hydrogen (secondary N) is 1. The molecule has 1 N–H and O–H groups in total. The molecule has 0 aliphatic carbocycles. The summed E-state index contributed by atoms with van der Waals surface area (Å²) in [6.07, 6.45) is 0.704. The van der Waals surface area contributed by atoms with Crippen LogP contribution in [0.5, 0.6) is 5.75 Å². The highest BCUT2D eigenvalue weighted by Crippen LogP contribution is 2.26. The van der Waals surface area contributed by atoms with Gasteiger partial charge in [0.25, 0.3) is 0 Å². The van der Waals surface area contributed by atoms with Crippen LogP contribution >= 0.6 is 0 Å². The highest BCUT2D eigenvalue weighted by atomic mass is 16.5. The van der Waals surface area contributed by atoms with E-state index in [0.717, 1.165) is 22.7 Å². The number of amides is 1. The van der Waals surface area contributed by atoms with E-state index in [1.165, 1.54) is 0 Å². The van der Waals surface area contributed by atoms with E-state index < -0.39 is 0 Å². The molecule has 2 aromatic rings. The average Bonchev–Trinajstić information content (AvgIpc) is 2.51. The first kappa shape index (κ1) is 14.5. The first-order valence-electron chi connectivity index (χ1n) is 7.41. The number of hydrogen-bond acceptors (Lipinski definition) is 4. The summed E-state index contributed by atoms with van der Waals surface area (Å²) in [4.78, 5) is 21.0. The van der Waals surface area contributed by atoms with E-state index in [1.54, 1.807) is 0 Å². The molecule has 5 nitrogen and oxygen atoms in total. The van der Waals surface area contributed by atoms with E-state index in [2.05, 4.69) is 15.3 Å². The van der Waals surface area contributed by atoms with E-state index in [4.69, 9.17) is 4.74 Å². The number of hydrogen-bond donors (Lipinski definition) is 1. The van der Waals surface area contributed by atoms with Gasteiger partial charge in [-0.2, -0.15) is 0 Å². The Hall–Kier alpha value is -2.43. The number of aromatic nitrogens is 2. The molecule has 0 bridgehead atoms. The zero-order valence-corrected chi connectivity index (χ0v) is 12.8. The smallest absolute Gasteiger partial charge is 0.227 e. The van der Waals surface area contributed by atoms with Gasteiger partial charge in [-0.1, -0.05) is 18.2 Å². The minimum Gasteiger partial charge on any atom is -0.492 e. The molecule has 1 atom stereocenters. The minimum absolute atomic E-state index is 0.0164. The zero-order chi connectivity index (χ0) is 15.5. The molecular weight excluding hydrogens is 278 g/mol. The summed E-state index contributed by atoms with van der Waals surface area (Å²) < 4.78 is 5.66. The molecule has 0 spiro atoms. The number of rotatable bonds is 3. The van der Waals surface area contributed by atoms with E-state index >= 15 is 0 Å². The van der Waals surface area contributed by atoms with Crippen LogP contribution in [0.25, 0.3) is 0 Å². The van der Waals surface area contributed by atoms with Crippen LogP contribution in [0.15, 0.2) is 30.3 Å². The number of carbonyl (C=O) groups excluding carboxylic acids is 1. The van der Waals surface area contributed by atoms with Crippen molar-refractivity contribution < 1.29 is 9.53 Å². The summed E-state index contributed by atoms with van der Waals surface area (Å²) in [5.74, 6) is 1.34. The average molecular weight is 297 g/mol. The molecule has 3 rings (SSSR count). The molecule has 2 heterocycles. The van der Waals surface area contributed by atoms with Crippen LogP contribution in [0.1, 0.15) is 22.8 Å². The molecule has 1 amide bonds. The van der Waals surface area contributed by atoms with E-state index in [1.807, 2.05) is 44.2 Å². The molecule has 22 heavy (non-hydrogen) atoms. The van der Waals surface area contributed by atoms with Gasteiger partial charge >= 0.3 is 0 Å². The van der Waals surface area contributed by atoms with Crippen LogP contribution in [0, 0.1) is 19.8 Å². The van der Waals surface area contributed by atoms with Crippen LogP contribution in [-0.2, 0) is 17.8 Å². The quantitative estimate of drug-likeness (QED) is 0.940. The van der Waals surface area contributed by atoms with Crippen molar-refractivity contribution in [3.8, 4) is 5.75 Å². The number of aryl methyl sites for hydroxylation is 2. The lowest BCUT2D eigenvalue weighted by atomic mass is 9.96. The van der Waals surface area contributed by atoms with Gasteiger partial charge in [-0.05, 0) is 38.0 Å². The largest absolute Gasteiger partial charge is 0.492 e. The highest BCUT2D eigenvalue weighted by molar-refractivity contribution is 5.79. The second-order valence-corrected chi connectivity index (χ2v) is 5.60. The molecule has 5 heteroatoms. The van der Waals surface area contributed by atoms with Crippen molar-refractivity contribution in [2.75, 3.05) is 6.61 Å². The van der Waals surface area contributed by atoms with Crippen LogP contribution in [0.2, 0.25) is 0 Å². The fraction of sp³-hybridized carbons (Fsp3) is 0.353. The van der Waals surface area contributed by atoms with Crippen molar-refractivity contribution in [3.05, 3.63) is 53.1 Å². The monoisotopic (exact) mass is 297 g/mol. The Labute approximate surface area is 129 Å². The van der Waals surface area contributed by atoms with Gasteiger partial charge in [0.15, 0.2) is 0 Å². The summed E-state index contributed by atoms with van der Waals surface area (Å²) in [5.41, 5.74) is 2.90. The summed E-state index contributed by atoms with van der Waals surface area (Å²) >= 11 is 0. The normalized spacial score (nSPS) is 16.5. The number of para-hydroxylation sites is 1. The Bertz CT molecular complexity index is 680. The highest BCUT2D eigenvalue weighted by Gasteiger charge is 2.25. The number of ether oxygens (including phenoxy) is 1. The van der Waals surface area contributed by atoms with Crippen LogP contribution in [0.3, 0.4) is 0 Å². The second kappa shape index (κ2) is 6.13. The molecule has 0 radical (unpaired) electrons. The standard InChI is InChI=1S/C17H19N3O2/c1-11-7-12(2)20-16(19-11)9-18-17(21)14-8-13-5-3-4-6-15(13)22-10-14/h3-7,14H,8-10H2,1-2H3,(H,18,21)/t14-/m1/s1. The number of benzene rings is 1. The summed E-state index contributed by atoms with van der Waals surface area (Å²) in [7, 11) is 0. The van der Waals surface area contributed by atoms with Gasteiger partial charge in [-0.3, -0.25) is 4.79 Å². The molecule has 114 valence electrons. The van der Waals surface area contributed by atoms with E-state index in [0.29, 0.717) is 25.4 Å². The predicted molar refractivity (Wildman–Crippen MR) is 82.5 cm³/mol. The fourth-order valence-corrected chi connectivity index (χ4v) is 2.68. The molecule has 0 saturated carbocycles. The number of carbonyl (C=O) groups is 1. The maximum Gasteiger partial charge on any atom is 0.227 e. The Morgan fingerprint density at radius 3 is 2.77 bits per heavy atom. The topological polar surface area (TPSA) is 64.1 Å². The van der Waals surface area contributed by atoms with Gasteiger partial charge in [0.2, 0.25) is 5.91 Å². The zero-order valence-electron chi connectivity index (χ0n) is 12.8. The maximum absolute atomic E-state index is 12.3. The Kier molecular flexibility index (Phi) is 4.04. The van der Waals surface area contributed by atoms with Gasteiger partial charge in [0, 0.05) is 11.4 Å². The Morgan fingerprint density at radius 2 is 2.00 bits per heavy atom. The second-order valence-electron chi connectivity index (χ2n) is 5.60. The van der Waals surface area contributed by atoms with Crippen molar-refractivity contribution in [1.29, 1.82) is 0 Å². The summed E-state index contributed by atoms with van der Waals surface area (Å²) in [5, 5.41) is 2.91. The molecule has 1 aromatic heterocycles. The summed E-state index contributed by atoms with van der Waals surface area (Å²) in [6, 6.07) is 9.76. The Morgan fingerprint density at radius 1 is 1.27 bits per heavy atom. The summed E-state index contributed by atoms with van der Waals surface area (Å²) in [6.45, 7) is 4.61. The Balaban J connectivity index is 1.61. The van der Waals surface area contributed by atoms with Crippen molar-refractivity contribution in [1.82, 2.24) is 15.3 Å². The molecule has 1 aliphatic heterocycles. The third-order valence-corrected chi connectivity index (χ3v) is 3.70.